The summed E-state index contributed by atoms with van der Waals surface area (Å²) in [6, 6.07) is 6.75. The van der Waals surface area contributed by atoms with Crippen LogP contribution in [0.2, 0.25) is 0 Å². The highest BCUT2D eigenvalue weighted by molar-refractivity contribution is 5.87. The number of piperidine rings is 1. The first kappa shape index (κ1) is 27.6. The lowest BCUT2D eigenvalue weighted by Gasteiger charge is -2.41. The molecule has 202 valence electrons. The van der Waals surface area contributed by atoms with E-state index in [0.717, 1.165) is 73.5 Å². The van der Waals surface area contributed by atoms with Gasteiger partial charge in [0, 0.05) is 42.7 Å². The molecule has 2 aromatic rings. The van der Waals surface area contributed by atoms with Crippen molar-refractivity contribution in [2.75, 3.05) is 24.5 Å². The number of hydrogen-bond acceptors (Lipinski definition) is 6. The lowest BCUT2D eigenvalue weighted by Crippen LogP contribution is -2.39. The summed E-state index contributed by atoms with van der Waals surface area (Å²) in [5.41, 5.74) is 7.39. The molecule has 2 aliphatic heterocycles. The highest BCUT2D eigenvalue weighted by atomic mass is 16.6. The van der Waals surface area contributed by atoms with Crippen molar-refractivity contribution in [2.24, 2.45) is 5.41 Å². The van der Waals surface area contributed by atoms with E-state index in [0.29, 0.717) is 5.41 Å². The second kappa shape index (κ2) is 10.7. The van der Waals surface area contributed by atoms with Crippen LogP contribution < -0.4 is 10.2 Å². The molecule has 2 aliphatic rings. The molecule has 6 heteroatoms. The van der Waals surface area contributed by atoms with E-state index in [2.05, 4.69) is 42.3 Å². The molecule has 0 saturated carbocycles. The summed E-state index contributed by atoms with van der Waals surface area (Å²) in [7, 11) is 0. The summed E-state index contributed by atoms with van der Waals surface area (Å²) in [5, 5.41) is 3.46. The van der Waals surface area contributed by atoms with Gasteiger partial charge >= 0.3 is 5.97 Å². The van der Waals surface area contributed by atoms with Gasteiger partial charge in [-0.25, -0.2) is 4.79 Å². The number of nitrogens with zero attached hydrogens (tertiary/aromatic N) is 2. The van der Waals surface area contributed by atoms with Crippen LogP contribution in [0.3, 0.4) is 0 Å². The maximum Gasteiger partial charge on any atom is 0.340 e. The molecule has 0 bridgehead atoms. The Morgan fingerprint density at radius 2 is 1.84 bits per heavy atom. The molecule has 1 saturated heterocycles. The van der Waals surface area contributed by atoms with Crippen molar-refractivity contribution in [3.05, 3.63) is 46.8 Å². The molecule has 1 aromatic carbocycles. The van der Waals surface area contributed by atoms with Gasteiger partial charge in [0.05, 0.1) is 17.4 Å². The molecule has 6 nitrogen and oxygen atoms in total. The first-order chi connectivity index (χ1) is 17.3. The van der Waals surface area contributed by atoms with E-state index in [4.69, 9.17) is 14.5 Å². The zero-order valence-electron chi connectivity index (χ0n) is 24.0. The van der Waals surface area contributed by atoms with Crippen LogP contribution in [-0.4, -0.2) is 42.3 Å². The number of aryl methyl sites for hydroxylation is 1. The predicted octanol–water partition coefficient (Wildman–Crippen LogP) is 6.14. The number of ether oxygens (including phenoxy) is 2. The van der Waals surface area contributed by atoms with Gasteiger partial charge in [-0.2, -0.15) is 0 Å². The van der Waals surface area contributed by atoms with Crippen molar-refractivity contribution < 1.29 is 14.3 Å². The topological polar surface area (TPSA) is 63.7 Å². The Kier molecular flexibility index (Phi) is 8.01. The fourth-order valence-corrected chi connectivity index (χ4v) is 5.33. The molecule has 0 spiro atoms. The number of rotatable bonds is 6. The summed E-state index contributed by atoms with van der Waals surface area (Å²) in [6.45, 7) is 20.1. The van der Waals surface area contributed by atoms with Gasteiger partial charge in [0.15, 0.2) is 6.10 Å². The Morgan fingerprint density at radius 1 is 1.14 bits per heavy atom. The summed E-state index contributed by atoms with van der Waals surface area (Å²) in [6.07, 6.45) is 4.08. The molecule has 1 unspecified atom stereocenters. The minimum absolute atomic E-state index is 0.233. The van der Waals surface area contributed by atoms with Crippen LogP contribution >= 0.6 is 0 Å². The predicted molar refractivity (Wildman–Crippen MR) is 150 cm³/mol. The summed E-state index contributed by atoms with van der Waals surface area (Å²) < 4.78 is 12.2. The molecule has 37 heavy (non-hydrogen) atoms. The average Bonchev–Trinajstić information content (AvgIpc) is 2.81. The lowest BCUT2D eigenvalue weighted by atomic mass is 9.82. The molecule has 1 atom stereocenters. The highest BCUT2D eigenvalue weighted by Gasteiger charge is 2.37. The van der Waals surface area contributed by atoms with E-state index in [-0.39, 0.29) is 12.1 Å². The minimum Gasteiger partial charge on any atom is -0.461 e. The van der Waals surface area contributed by atoms with Gasteiger partial charge < -0.3 is 19.7 Å². The van der Waals surface area contributed by atoms with Crippen LogP contribution in [0.5, 0.6) is 0 Å². The summed E-state index contributed by atoms with van der Waals surface area (Å²) >= 11 is 0. The average molecular weight is 508 g/mol. The van der Waals surface area contributed by atoms with Crippen molar-refractivity contribution in [1.29, 1.82) is 0 Å². The number of anilines is 1. The number of fused-ring (bicyclic) bond motifs is 1. The first-order valence-corrected chi connectivity index (χ1v) is 13.8. The fraction of sp³-hybridized carbons (Fsp3) is 0.613. The SMILES string of the molecule is Cc1ncc(-c2ccc3c(c2)CCNC3)c(N2CCC(C)(C)CC2)c1C(OC(C)(C)C)C(=O)OC(C)C. The third kappa shape index (κ3) is 6.53. The Morgan fingerprint density at radius 3 is 2.49 bits per heavy atom. The van der Waals surface area contributed by atoms with Gasteiger partial charge in [-0.1, -0.05) is 32.0 Å². The van der Waals surface area contributed by atoms with Gasteiger partial charge in [0.2, 0.25) is 0 Å². The molecular formula is C31H45N3O3. The van der Waals surface area contributed by atoms with E-state index in [1.165, 1.54) is 11.1 Å². The van der Waals surface area contributed by atoms with Crippen LogP contribution in [0.4, 0.5) is 5.69 Å². The zero-order valence-corrected chi connectivity index (χ0v) is 24.0. The lowest BCUT2D eigenvalue weighted by molar-refractivity contribution is -0.171. The number of esters is 1. The molecule has 3 heterocycles. The van der Waals surface area contributed by atoms with Gasteiger partial charge in [0.25, 0.3) is 0 Å². The monoisotopic (exact) mass is 507 g/mol. The Balaban J connectivity index is 1.91. The molecular weight excluding hydrogens is 462 g/mol. The maximum atomic E-state index is 13.6. The van der Waals surface area contributed by atoms with Crippen LogP contribution in [0.1, 0.15) is 89.8 Å². The van der Waals surface area contributed by atoms with Crippen LogP contribution in [-0.2, 0) is 27.2 Å². The summed E-state index contributed by atoms with van der Waals surface area (Å²) in [4.78, 5) is 20.8. The maximum absolute atomic E-state index is 13.6. The first-order valence-electron chi connectivity index (χ1n) is 13.8. The van der Waals surface area contributed by atoms with Crippen molar-refractivity contribution in [2.45, 2.75) is 99.0 Å². The molecule has 1 N–H and O–H groups in total. The largest absolute Gasteiger partial charge is 0.461 e. The fourth-order valence-electron chi connectivity index (χ4n) is 5.33. The van der Waals surface area contributed by atoms with Gasteiger partial charge in [-0.05, 0) is 89.5 Å². The number of aromatic nitrogens is 1. The standard InChI is InChI=1S/C31H45N3O3/c1-20(2)36-29(35)28(37-30(4,5)6)26-21(3)33-19-25(27(26)34-15-12-31(7,8)13-16-34)23-9-10-24-18-32-14-11-22(24)17-23/h9-10,17,19-20,28,32H,11-16,18H2,1-8H3. The zero-order chi connectivity index (χ0) is 27.0. The molecule has 0 radical (unpaired) electrons. The number of nitrogens with one attached hydrogen (secondary N) is 1. The quantitative estimate of drug-likeness (QED) is 0.474. The van der Waals surface area contributed by atoms with Crippen LogP contribution in [0, 0.1) is 12.3 Å². The normalized spacial score (nSPS) is 18.5. The number of benzene rings is 1. The number of pyridine rings is 1. The van der Waals surface area contributed by atoms with E-state index >= 15 is 0 Å². The van der Waals surface area contributed by atoms with E-state index in [1.54, 1.807) is 0 Å². The van der Waals surface area contributed by atoms with Gasteiger partial charge in [0.1, 0.15) is 0 Å². The highest BCUT2D eigenvalue weighted by Crippen LogP contribution is 2.44. The van der Waals surface area contributed by atoms with Crippen LogP contribution in [0.15, 0.2) is 24.4 Å². The Hall–Kier alpha value is -2.44. The number of carbonyl (C=O) groups excluding carboxylic acids is 1. The third-order valence-electron chi connectivity index (χ3n) is 7.42. The molecule has 1 fully saturated rings. The van der Waals surface area contributed by atoms with Gasteiger partial charge in [-0.15, -0.1) is 0 Å². The minimum atomic E-state index is -0.860. The molecule has 0 aliphatic carbocycles. The van der Waals surface area contributed by atoms with Crippen molar-refractivity contribution in [3.8, 4) is 11.1 Å². The number of hydrogen-bond donors (Lipinski definition) is 1. The number of carbonyl (C=O) groups is 1. The van der Waals surface area contributed by atoms with Gasteiger partial charge in [-0.3, -0.25) is 4.98 Å². The van der Waals surface area contributed by atoms with E-state index in [1.807, 2.05) is 47.7 Å². The second-order valence-electron chi connectivity index (χ2n) is 12.7. The Bertz CT molecular complexity index is 1120. The van der Waals surface area contributed by atoms with E-state index in [9.17, 15) is 4.79 Å². The summed E-state index contributed by atoms with van der Waals surface area (Å²) in [5.74, 6) is -0.359. The second-order valence-corrected chi connectivity index (χ2v) is 12.7. The van der Waals surface area contributed by atoms with Crippen LogP contribution in [0.25, 0.3) is 11.1 Å². The van der Waals surface area contributed by atoms with Crippen molar-refractivity contribution in [3.63, 3.8) is 0 Å². The van der Waals surface area contributed by atoms with E-state index < -0.39 is 11.7 Å². The van der Waals surface area contributed by atoms with Crippen molar-refractivity contribution in [1.82, 2.24) is 10.3 Å². The smallest absolute Gasteiger partial charge is 0.340 e. The molecule has 4 rings (SSSR count). The third-order valence-corrected chi connectivity index (χ3v) is 7.42. The molecule has 1 aromatic heterocycles. The Labute approximate surface area is 223 Å². The molecule has 0 amide bonds. The van der Waals surface area contributed by atoms with Crippen molar-refractivity contribution >= 4 is 11.7 Å².